The van der Waals surface area contributed by atoms with Crippen molar-refractivity contribution in [3.05, 3.63) is 92.3 Å². The van der Waals surface area contributed by atoms with Crippen LogP contribution in [-0.4, -0.2) is 14.2 Å². The molecule has 0 unspecified atom stereocenters. The number of allylic oxidation sites excluding steroid dienone is 3. The number of nitriles is 1. The average molecular weight is 532 g/mol. The second-order valence-corrected chi connectivity index (χ2v) is 9.04. The summed E-state index contributed by atoms with van der Waals surface area (Å²) >= 11 is 5.33. The molecule has 1 aliphatic rings. The Balaban J connectivity index is 0.00000121. The zero-order valence-corrected chi connectivity index (χ0v) is 24.6. The van der Waals surface area contributed by atoms with E-state index in [0.717, 1.165) is 16.9 Å². The van der Waals surface area contributed by atoms with Gasteiger partial charge in [-0.1, -0.05) is 52.0 Å². The predicted molar refractivity (Wildman–Crippen MR) is 158 cm³/mol. The number of para-hydroxylation sites is 1. The van der Waals surface area contributed by atoms with Gasteiger partial charge in [0.2, 0.25) is 11.6 Å². The van der Waals surface area contributed by atoms with E-state index < -0.39 is 0 Å². The smallest absolute Gasteiger partial charge is 0.265 e. The van der Waals surface area contributed by atoms with E-state index in [9.17, 15) is 15.2 Å². The zero-order valence-electron chi connectivity index (χ0n) is 23.7. The number of nitrogens with zero attached hydrogens (tertiary/aromatic N) is 4. The van der Waals surface area contributed by atoms with E-state index >= 15 is 0 Å². The second kappa shape index (κ2) is 13.2. The Morgan fingerprint density at radius 3 is 2.34 bits per heavy atom. The van der Waals surface area contributed by atoms with Gasteiger partial charge in [0.05, 0.1) is 17.1 Å². The van der Waals surface area contributed by atoms with Crippen molar-refractivity contribution in [2.75, 3.05) is 0 Å². The Labute approximate surface area is 231 Å². The summed E-state index contributed by atoms with van der Waals surface area (Å²) in [6, 6.07) is 14.5. The first-order valence-electron chi connectivity index (χ1n) is 13.3. The van der Waals surface area contributed by atoms with Gasteiger partial charge in [-0.25, -0.2) is 0 Å². The lowest BCUT2D eigenvalue weighted by atomic mass is 9.82. The molecule has 0 bridgehead atoms. The van der Waals surface area contributed by atoms with Crippen molar-refractivity contribution >= 4 is 23.9 Å². The van der Waals surface area contributed by atoms with E-state index in [-0.39, 0.29) is 27.2 Å². The number of fused-ring (bicyclic) bond motifs is 3. The Kier molecular flexibility index (Phi) is 10.5. The quantitative estimate of drug-likeness (QED) is 0.172. The third kappa shape index (κ3) is 5.41. The molecular formula is C31H39N4O2S+. The normalized spacial score (nSPS) is 13.0. The molecule has 0 saturated carbocycles. The van der Waals surface area contributed by atoms with Crippen LogP contribution in [0.15, 0.2) is 59.5 Å². The monoisotopic (exact) mass is 531 g/mol. The topological polar surface area (TPSA) is 74.8 Å². The molecule has 3 aromatic rings. The number of aromatic hydroxyl groups is 1. The van der Waals surface area contributed by atoms with E-state index in [1.807, 2.05) is 72.0 Å². The first-order valence-corrected chi connectivity index (χ1v) is 13.7. The summed E-state index contributed by atoms with van der Waals surface area (Å²) in [5.74, 6) is -0.168. The van der Waals surface area contributed by atoms with E-state index in [0.29, 0.717) is 18.7 Å². The summed E-state index contributed by atoms with van der Waals surface area (Å²) in [7, 11) is 0. The molecule has 4 rings (SSSR count). The molecule has 3 heterocycles. The van der Waals surface area contributed by atoms with Gasteiger partial charge >= 0.3 is 0 Å². The van der Waals surface area contributed by atoms with Gasteiger partial charge in [-0.05, 0) is 52.1 Å². The maximum Gasteiger partial charge on any atom is 0.265 e. The molecule has 38 heavy (non-hydrogen) atoms. The molecule has 0 amide bonds. The summed E-state index contributed by atoms with van der Waals surface area (Å²) in [5, 5.41) is 20.4. The molecule has 0 radical (unpaired) electrons. The number of rotatable bonds is 5. The van der Waals surface area contributed by atoms with Crippen LogP contribution in [0.2, 0.25) is 0 Å². The maximum absolute atomic E-state index is 12.8. The largest absolute Gasteiger partial charge is 0.494 e. The minimum atomic E-state index is -0.355. The Bertz CT molecular complexity index is 1520. The summed E-state index contributed by atoms with van der Waals surface area (Å²) < 4.78 is 5.42. The highest BCUT2D eigenvalue weighted by atomic mass is 32.1. The van der Waals surface area contributed by atoms with E-state index in [2.05, 4.69) is 36.6 Å². The van der Waals surface area contributed by atoms with Crippen molar-refractivity contribution in [1.29, 1.82) is 5.26 Å². The van der Waals surface area contributed by atoms with Crippen LogP contribution in [0.3, 0.4) is 0 Å². The van der Waals surface area contributed by atoms with Gasteiger partial charge in [0, 0.05) is 42.4 Å². The molecule has 6 nitrogen and oxygen atoms in total. The number of benzene rings is 1. The average Bonchev–Trinajstić information content (AvgIpc) is 3.17. The molecule has 0 fully saturated rings. The highest BCUT2D eigenvalue weighted by Gasteiger charge is 2.43. The lowest BCUT2D eigenvalue weighted by Gasteiger charge is -2.14. The predicted octanol–water partition coefficient (Wildman–Crippen LogP) is 6.71. The fraction of sp³-hybridized carbons (Fsp3) is 0.355. The van der Waals surface area contributed by atoms with E-state index in [4.69, 9.17) is 12.2 Å². The van der Waals surface area contributed by atoms with Crippen LogP contribution in [0.5, 0.6) is 5.88 Å². The minimum absolute atomic E-state index is 0.145. The third-order valence-electron chi connectivity index (χ3n) is 6.46. The molecule has 2 aromatic heterocycles. The van der Waals surface area contributed by atoms with E-state index in [1.54, 1.807) is 12.2 Å². The number of hydrogen-bond donors (Lipinski definition) is 1. The van der Waals surface area contributed by atoms with Gasteiger partial charge in [-0.2, -0.15) is 9.83 Å². The molecule has 0 saturated heterocycles. The molecule has 0 atom stereocenters. The van der Waals surface area contributed by atoms with Crippen LogP contribution < -0.4 is 10.1 Å². The maximum atomic E-state index is 12.8. The number of aromatic nitrogens is 3. The van der Waals surface area contributed by atoms with Crippen molar-refractivity contribution in [3.8, 4) is 17.6 Å². The molecule has 7 heteroatoms. The van der Waals surface area contributed by atoms with Gasteiger partial charge in [0.1, 0.15) is 5.56 Å². The zero-order chi connectivity index (χ0) is 28.6. The van der Waals surface area contributed by atoms with Crippen molar-refractivity contribution in [3.63, 3.8) is 0 Å². The van der Waals surface area contributed by atoms with Gasteiger partial charge in [0.15, 0.2) is 16.7 Å². The Hall–Kier alpha value is -3.76. The van der Waals surface area contributed by atoms with Crippen LogP contribution in [0.1, 0.15) is 77.8 Å². The second-order valence-electron chi connectivity index (χ2n) is 8.68. The summed E-state index contributed by atoms with van der Waals surface area (Å²) in [4.78, 5) is 12.8. The molecular weight excluding hydrogens is 492 g/mol. The van der Waals surface area contributed by atoms with Crippen molar-refractivity contribution < 1.29 is 9.67 Å². The fourth-order valence-corrected chi connectivity index (χ4v) is 4.99. The highest BCUT2D eigenvalue weighted by molar-refractivity contribution is 7.71. The van der Waals surface area contributed by atoms with Crippen LogP contribution in [0.4, 0.5) is 0 Å². The Morgan fingerprint density at radius 1 is 1.11 bits per heavy atom. The van der Waals surface area contributed by atoms with Gasteiger partial charge < -0.3 is 5.11 Å². The standard InChI is InChI=1S/C27H26N4O2S.2C2H6/c1-5-29-24(32)20(25(33)30(6-2)26(29)34)11-9-10-19(17-28)18-14-15-31-22-13-8-7-12-21(22)27(3,4)23(31)16-18;2*1-2/h7-16H,5-6H2,1-4H3;2*1-2H3/p+1. The van der Waals surface area contributed by atoms with Crippen molar-refractivity contribution in [2.24, 2.45) is 0 Å². The van der Waals surface area contributed by atoms with Gasteiger partial charge in [-0.15, -0.1) is 0 Å². The first-order chi connectivity index (χ1) is 18.3. The van der Waals surface area contributed by atoms with Gasteiger partial charge in [-0.3, -0.25) is 13.9 Å². The SMILES string of the molecule is CC.CC.CCn1c(O)c(/C=C/C=C(\C#N)c2cc[n+]3c(c2)C(C)(C)c2ccccc2-3)c(=O)n(CC)c1=S. The first kappa shape index (κ1) is 30.5. The van der Waals surface area contributed by atoms with Crippen LogP contribution in [0.25, 0.3) is 17.3 Å². The molecule has 0 aliphatic carbocycles. The Morgan fingerprint density at radius 2 is 1.74 bits per heavy atom. The summed E-state index contributed by atoms with van der Waals surface area (Å²) in [6.45, 7) is 16.9. The van der Waals surface area contributed by atoms with Crippen LogP contribution in [-0.2, 0) is 18.5 Å². The highest BCUT2D eigenvalue weighted by Crippen LogP contribution is 2.38. The lowest BCUT2D eigenvalue weighted by molar-refractivity contribution is -0.599. The van der Waals surface area contributed by atoms with Crippen molar-refractivity contribution in [2.45, 2.75) is 73.9 Å². The summed E-state index contributed by atoms with van der Waals surface area (Å²) in [6.07, 6.45) is 6.81. The van der Waals surface area contributed by atoms with Crippen LogP contribution >= 0.6 is 12.2 Å². The minimum Gasteiger partial charge on any atom is -0.494 e. The lowest BCUT2D eigenvalue weighted by Crippen LogP contribution is -2.34. The molecule has 1 aromatic carbocycles. The van der Waals surface area contributed by atoms with Gasteiger partial charge in [0.25, 0.3) is 5.56 Å². The molecule has 0 spiro atoms. The molecule has 1 N–H and O–H groups in total. The van der Waals surface area contributed by atoms with Crippen LogP contribution in [0, 0.1) is 16.1 Å². The summed E-state index contributed by atoms with van der Waals surface area (Å²) in [5.41, 5.74) is 4.34. The molecule has 200 valence electrons. The fourth-order valence-electron chi connectivity index (χ4n) is 4.57. The number of hydrogen-bond acceptors (Lipinski definition) is 4. The van der Waals surface area contributed by atoms with Crippen molar-refractivity contribution in [1.82, 2.24) is 9.13 Å². The number of pyridine rings is 1. The van der Waals surface area contributed by atoms with E-state index in [1.165, 1.54) is 20.8 Å². The molecule has 1 aliphatic heterocycles. The third-order valence-corrected chi connectivity index (χ3v) is 6.90.